The number of rotatable bonds is 5. The van der Waals surface area contributed by atoms with Crippen molar-refractivity contribution < 1.29 is 14.3 Å². The van der Waals surface area contributed by atoms with E-state index in [4.69, 9.17) is 9.47 Å². The summed E-state index contributed by atoms with van der Waals surface area (Å²) in [6.07, 6.45) is 0. The lowest BCUT2D eigenvalue weighted by Crippen LogP contribution is -2.49. The summed E-state index contributed by atoms with van der Waals surface area (Å²) in [6, 6.07) is 11.4. The number of benzene rings is 1. The Hall–Kier alpha value is -2.87. The van der Waals surface area contributed by atoms with Crippen molar-refractivity contribution >= 4 is 17.5 Å². The molecule has 3 heterocycles. The smallest absolute Gasteiger partial charge is 0.253 e. The lowest BCUT2D eigenvalue weighted by atomic mass is 10.1. The molecule has 0 bridgehead atoms. The van der Waals surface area contributed by atoms with Crippen LogP contribution < -0.4 is 14.5 Å². The number of hydrogen-bond acceptors (Lipinski definition) is 7. The number of piperazine rings is 1. The maximum absolute atomic E-state index is 12.8. The van der Waals surface area contributed by atoms with Gasteiger partial charge in [0.1, 0.15) is 5.75 Å². The van der Waals surface area contributed by atoms with Crippen LogP contribution in [-0.2, 0) is 4.74 Å². The maximum Gasteiger partial charge on any atom is 0.253 e. The van der Waals surface area contributed by atoms with Crippen molar-refractivity contribution in [2.24, 2.45) is 0 Å². The van der Waals surface area contributed by atoms with E-state index in [1.54, 1.807) is 0 Å². The highest BCUT2D eigenvalue weighted by Crippen LogP contribution is 2.19. The zero-order valence-corrected chi connectivity index (χ0v) is 16.8. The molecule has 0 N–H and O–H groups in total. The molecule has 2 saturated heterocycles. The van der Waals surface area contributed by atoms with Gasteiger partial charge in [0.2, 0.25) is 0 Å². The van der Waals surface area contributed by atoms with Crippen molar-refractivity contribution in [1.29, 1.82) is 0 Å². The fourth-order valence-corrected chi connectivity index (χ4v) is 3.63. The Kier molecular flexibility index (Phi) is 6.09. The zero-order valence-electron chi connectivity index (χ0n) is 16.8. The number of aromatic nitrogens is 2. The van der Waals surface area contributed by atoms with Crippen LogP contribution >= 0.6 is 0 Å². The molecule has 1 amide bonds. The van der Waals surface area contributed by atoms with Gasteiger partial charge in [0, 0.05) is 44.8 Å². The Balaban J connectivity index is 1.32. The van der Waals surface area contributed by atoms with Crippen LogP contribution in [0.2, 0.25) is 0 Å². The van der Waals surface area contributed by atoms with Crippen LogP contribution in [0.3, 0.4) is 0 Å². The van der Waals surface area contributed by atoms with Crippen LogP contribution in [0.25, 0.3) is 0 Å². The van der Waals surface area contributed by atoms with Gasteiger partial charge in [-0.15, -0.1) is 10.2 Å². The van der Waals surface area contributed by atoms with E-state index in [1.807, 2.05) is 48.2 Å². The number of morpholine rings is 1. The Morgan fingerprint density at radius 2 is 1.48 bits per heavy atom. The Labute approximate surface area is 171 Å². The molecule has 2 aliphatic rings. The Bertz CT molecular complexity index is 798. The molecule has 0 unspecified atom stereocenters. The largest absolute Gasteiger partial charge is 0.494 e. The molecule has 8 heteroatoms. The average molecular weight is 397 g/mol. The van der Waals surface area contributed by atoms with E-state index < -0.39 is 0 Å². The van der Waals surface area contributed by atoms with Gasteiger partial charge in [-0.1, -0.05) is 0 Å². The van der Waals surface area contributed by atoms with Gasteiger partial charge in [0.25, 0.3) is 5.91 Å². The normalized spacial score (nSPS) is 17.3. The second-order valence-electron chi connectivity index (χ2n) is 7.09. The minimum absolute atomic E-state index is 0.0569. The van der Waals surface area contributed by atoms with Crippen LogP contribution in [-0.4, -0.2) is 80.1 Å². The van der Waals surface area contributed by atoms with Crippen molar-refractivity contribution in [1.82, 2.24) is 15.1 Å². The Morgan fingerprint density at radius 3 is 2.03 bits per heavy atom. The molecular weight excluding hydrogens is 370 g/mol. The monoisotopic (exact) mass is 397 g/mol. The van der Waals surface area contributed by atoms with Gasteiger partial charge < -0.3 is 24.2 Å². The van der Waals surface area contributed by atoms with Crippen molar-refractivity contribution in [3.8, 4) is 5.75 Å². The highest BCUT2D eigenvalue weighted by Gasteiger charge is 2.23. The van der Waals surface area contributed by atoms with E-state index in [0.717, 1.165) is 56.8 Å². The summed E-state index contributed by atoms with van der Waals surface area (Å²) < 4.78 is 10.8. The molecule has 2 aliphatic heterocycles. The van der Waals surface area contributed by atoms with Crippen molar-refractivity contribution in [3.63, 3.8) is 0 Å². The van der Waals surface area contributed by atoms with Crippen molar-refractivity contribution in [2.45, 2.75) is 6.92 Å². The lowest BCUT2D eigenvalue weighted by molar-refractivity contribution is 0.0746. The van der Waals surface area contributed by atoms with Crippen molar-refractivity contribution in [3.05, 3.63) is 42.0 Å². The molecule has 154 valence electrons. The van der Waals surface area contributed by atoms with Crippen LogP contribution in [0.5, 0.6) is 5.75 Å². The number of amides is 1. The standard InChI is InChI=1S/C21H27N5O3/c1-2-29-18-5-3-17(4-6-18)21(27)26-11-9-24(10-12-26)19-7-8-20(23-22-19)25-13-15-28-16-14-25/h3-8H,2,9-16H2,1H3. The molecule has 2 aromatic rings. The molecule has 0 atom stereocenters. The first-order valence-corrected chi connectivity index (χ1v) is 10.2. The molecular formula is C21H27N5O3. The number of ether oxygens (including phenoxy) is 2. The molecule has 8 nitrogen and oxygen atoms in total. The SMILES string of the molecule is CCOc1ccc(C(=O)N2CCN(c3ccc(N4CCOCC4)nn3)CC2)cc1. The van der Waals surface area contributed by atoms with Gasteiger partial charge in [0.15, 0.2) is 11.6 Å². The molecule has 0 aliphatic carbocycles. The predicted molar refractivity (Wildman–Crippen MR) is 111 cm³/mol. The Morgan fingerprint density at radius 1 is 0.897 bits per heavy atom. The highest BCUT2D eigenvalue weighted by molar-refractivity contribution is 5.94. The summed E-state index contributed by atoms with van der Waals surface area (Å²) >= 11 is 0. The number of carbonyl (C=O) groups is 1. The topological polar surface area (TPSA) is 71.0 Å². The third-order valence-electron chi connectivity index (χ3n) is 5.27. The molecule has 1 aromatic heterocycles. The van der Waals surface area contributed by atoms with E-state index in [-0.39, 0.29) is 5.91 Å². The number of carbonyl (C=O) groups excluding carboxylic acids is 1. The molecule has 0 radical (unpaired) electrons. The van der Waals surface area contributed by atoms with Gasteiger partial charge in [-0.3, -0.25) is 4.79 Å². The van der Waals surface area contributed by atoms with Gasteiger partial charge >= 0.3 is 0 Å². The maximum atomic E-state index is 12.8. The van der Waals surface area contributed by atoms with E-state index in [9.17, 15) is 4.79 Å². The van der Waals surface area contributed by atoms with E-state index in [2.05, 4.69) is 20.0 Å². The molecule has 0 saturated carbocycles. The van der Waals surface area contributed by atoms with Crippen LogP contribution in [0, 0.1) is 0 Å². The number of nitrogens with zero attached hydrogens (tertiary/aromatic N) is 5. The predicted octanol–water partition coefficient (Wildman–Crippen LogP) is 1.67. The fourth-order valence-electron chi connectivity index (χ4n) is 3.63. The fraction of sp³-hybridized carbons (Fsp3) is 0.476. The highest BCUT2D eigenvalue weighted by atomic mass is 16.5. The zero-order chi connectivity index (χ0) is 20.1. The van der Waals surface area contributed by atoms with Crippen molar-refractivity contribution in [2.75, 3.05) is 68.9 Å². The first kappa shape index (κ1) is 19.4. The van der Waals surface area contributed by atoms with Gasteiger partial charge in [-0.05, 0) is 43.3 Å². The van der Waals surface area contributed by atoms with Gasteiger partial charge in [-0.2, -0.15) is 0 Å². The van der Waals surface area contributed by atoms with Crippen LogP contribution in [0.4, 0.5) is 11.6 Å². The molecule has 4 rings (SSSR count). The van der Waals surface area contributed by atoms with E-state index >= 15 is 0 Å². The minimum atomic E-state index is 0.0569. The summed E-state index contributed by atoms with van der Waals surface area (Å²) in [5.74, 6) is 2.59. The summed E-state index contributed by atoms with van der Waals surface area (Å²) in [4.78, 5) is 19.0. The quantitative estimate of drug-likeness (QED) is 0.760. The van der Waals surface area contributed by atoms with Crippen LogP contribution in [0.15, 0.2) is 36.4 Å². The summed E-state index contributed by atoms with van der Waals surface area (Å²) in [5, 5.41) is 8.80. The minimum Gasteiger partial charge on any atom is -0.494 e. The number of anilines is 2. The summed E-state index contributed by atoms with van der Waals surface area (Å²) in [6.45, 7) is 8.54. The van der Waals surface area contributed by atoms with Crippen LogP contribution in [0.1, 0.15) is 17.3 Å². The van der Waals surface area contributed by atoms with E-state index in [0.29, 0.717) is 25.3 Å². The first-order valence-electron chi connectivity index (χ1n) is 10.2. The third kappa shape index (κ3) is 4.59. The average Bonchev–Trinajstić information content (AvgIpc) is 2.80. The van der Waals surface area contributed by atoms with Gasteiger partial charge in [-0.25, -0.2) is 0 Å². The van der Waals surface area contributed by atoms with E-state index in [1.165, 1.54) is 0 Å². The second kappa shape index (κ2) is 9.09. The lowest BCUT2D eigenvalue weighted by Gasteiger charge is -2.35. The first-order chi connectivity index (χ1) is 14.2. The summed E-state index contributed by atoms with van der Waals surface area (Å²) in [5.41, 5.74) is 0.691. The molecule has 29 heavy (non-hydrogen) atoms. The third-order valence-corrected chi connectivity index (χ3v) is 5.27. The van der Waals surface area contributed by atoms with Gasteiger partial charge in [0.05, 0.1) is 19.8 Å². The molecule has 2 fully saturated rings. The molecule has 1 aromatic carbocycles. The summed E-state index contributed by atoms with van der Waals surface area (Å²) in [7, 11) is 0. The second-order valence-corrected chi connectivity index (χ2v) is 7.09. The molecule has 0 spiro atoms. The number of hydrogen-bond donors (Lipinski definition) is 0.